The molecule has 1 aromatic carbocycles. The molecule has 0 spiro atoms. The van der Waals surface area contributed by atoms with E-state index >= 15 is 4.39 Å². The third-order valence-electron chi connectivity index (χ3n) is 4.50. The van der Waals surface area contributed by atoms with Crippen LogP contribution in [0.1, 0.15) is 31.4 Å². The van der Waals surface area contributed by atoms with Gasteiger partial charge < -0.3 is 9.47 Å². The van der Waals surface area contributed by atoms with E-state index in [9.17, 15) is 13.2 Å². The van der Waals surface area contributed by atoms with E-state index in [1.165, 1.54) is 6.07 Å². The van der Waals surface area contributed by atoms with Crippen molar-refractivity contribution in [2.75, 3.05) is 6.61 Å². The van der Waals surface area contributed by atoms with Crippen LogP contribution >= 0.6 is 0 Å². The van der Waals surface area contributed by atoms with Crippen molar-refractivity contribution in [3.05, 3.63) is 101 Å². The number of hydrogen-bond acceptors (Lipinski definition) is 2. The van der Waals surface area contributed by atoms with Crippen molar-refractivity contribution in [2.45, 2.75) is 33.1 Å². The van der Waals surface area contributed by atoms with Crippen molar-refractivity contribution in [1.29, 1.82) is 0 Å². The van der Waals surface area contributed by atoms with Crippen molar-refractivity contribution in [3.63, 3.8) is 0 Å². The Morgan fingerprint density at radius 3 is 2.40 bits per heavy atom. The standard InChI is InChI=1S/C24H24F4O2/c1-7-9-17-12-18-10-13(3)23(30-24(18)22(28)21(17)27)20(26)16(6)15(5)19(25)11-14(4)29-8-2/h11-12H,3-10H2,1-2H3/b19-11+,23-20-. The molecule has 0 fully saturated rings. The van der Waals surface area contributed by atoms with Crippen LogP contribution in [0.25, 0.3) is 0 Å². The van der Waals surface area contributed by atoms with Gasteiger partial charge in [-0.1, -0.05) is 39.7 Å². The first-order chi connectivity index (χ1) is 14.1. The average molecular weight is 420 g/mol. The highest BCUT2D eigenvalue weighted by atomic mass is 19.2. The highest BCUT2D eigenvalue weighted by molar-refractivity contribution is 5.56. The molecule has 0 aliphatic carbocycles. The van der Waals surface area contributed by atoms with Crippen molar-refractivity contribution in [2.24, 2.45) is 0 Å². The first-order valence-corrected chi connectivity index (χ1v) is 9.45. The maximum Gasteiger partial charge on any atom is 0.201 e. The Kier molecular flexibility index (Phi) is 7.48. The molecule has 0 radical (unpaired) electrons. The molecule has 0 aromatic heterocycles. The fourth-order valence-corrected chi connectivity index (χ4v) is 2.97. The van der Waals surface area contributed by atoms with Gasteiger partial charge in [-0.05, 0) is 30.5 Å². The summed E-state index contributed by atoms with van der Waals surface area (Å²) in [4.78, 5) is 0. The van der Waals surface area contributed by atoms with E-state index in [1.54, 1.807) is 6.92 Å². The van der Waals surface area contributed by atoms with Crippen molar-refractivity contribution in [1.82, 2.24) is 0 Å². The third-order valence-corrected chi connectivity index (χ3v) is 4.50. The predicted molar refractivity (Wildman–Crippen MR) is 110 cm³/mol. The molecule has 1 aromatic rings. The van der Waals surface area contributed by atoms with Crippen molar-refractivity contribution in [3.8, 4) is 5.75 Å². The quantitative estimate of drug-likeness (QED) is 0.254. The molecule has 1 heterocycles. The number of ether oxygens (including phenoxy) is 2. The summed E-state index contributed by atoms with van der Waals surface area (Å²) in [6, 6.07) is 1.49. The Morgan fingerprint density at radius 2 is 1.80 bits per heavy atom. The summed E-state index contributed by atoms with van der Waals surface area (Å²) in [7, 11) is 0. The molecule has 1 aliphatic heterocycles. The van der Waals surface area contributed by atoms with E-state index < -0.39 is 40.4 Å². The Morgan fingerprint density at radius 1 is 1.13 bits per heavy atom. The molecule has 6 heteroatoms. The minimum absolute atomic E-state index is 0.0321. The topological polar surface area (TPSA) is 18.5 Å². The molecular formula is C24H24F4O2. The van der Waals surface area contributed by atoms with Crippen LogP contribution in [-0.2, 0) is 17.6 Å². The zero-order valence-electron chi connectivity index (χ0n) is 17.1. The van der Waals surface area contributed by atoms with E-state index in [-0.39, 0.29) is 35.5 Å². The number of halogens is 4. The fraction of sp³-hybridized carbons (Fsp3) is 0.250. The summed E-state index contributed by atoms with van der Waals surface area (Å²) >= 11 is 0. The molecule has 30 heavy (non-hydrogen) atoms. The summed E-state index contributed by atoms with van der Waals surface area (Å²) < 4.78 is 68.5. The molecule has 2 rings (SSSR count). The monoisotopic (exact) mass is 420 g/mol. The van der Waals surface area contributed by atoms with Gasteiger partial charge in [0.2, 0.25) is 5.82 Å². The van der Waals surface area contributed by atoms with E-state index in [0.717, 1.165) is 6.08 Å². The normalized spacial score (nSPS) is 15.3. The maximum absolute atomic E-state index is 15.0. The average Bonchev–Trinajstić information content (AvgIpc) is 2.70. The van der Waals surface area contributed by atoms with E-state index in [2.05, 4.69) is 26.3 Å². The highest BCUT2D eigenvalue weighted by Gasteiger charge is 2.29. The van der Waals surface area contributed by atoms with E-state index in [4.69, 9.17) is 9.47 Å². The minimum atomic E-state index is -1.20. The first-order valence-electron chi connectivity index (χ1n) is 9.45. The second kappa shape index (κ2) is 9.65. The fourth-order valence-electron chi connectivity index (χ4n) is 2.97. The number of hydrogen-bond donors (Lipinski definition) is 0. The Labute approximate surface area is 174 Å². The van der Waals surface area contributed by atoms with Crippen LogP contribution in [0.4, 0.5) is 17.6 Å². The molecule has 0 atom stereocenters. The van der Waals surface area contributed by atoms with Crippen molar-refractivity contribution >= 4 is 0 Å². The second-order valence-electron chi connectivity index (χ2n) is 6.78. The number of benzene rings is 1. The zero-order chi connectivity index (χ0) is 22.6. The van der Waals surface area contributed by atoms with Gasteiger partial charge in [-0.25, -0.2) is 13.2 Å². The van der Waals surface area contributed by atoms with Gasteiger partial charge >= 0.3 is 0 Å². The second-order valence-corrected chi connectivity index (χ2v) is 6.78. The van der Waals surface area contributed by atoms with Gasteiger partial charge in [-0.15, -0.1) is 0 Å². The first kappa shape index (κ1) is 23.3. The number of aryl methyl sites for hydroxylation is 1. The summed E-state index contributed by atoms with van der Waals surface area (Å²) in [5.74, 6) is -5.02. The predicted octanol–water partition coefficient (Wildman–Crippen LogP) is 7.11. The van der Waals surface area contributed by atoms with Gasteiger partial charge in [0.05, 0.1) is 6.61 Å². The Hall–Kier alpha value is -3.02. The number of fused-ring (bicyclic) bond motifs is 1. The summed E-state index contributed by atoms with van der Waals surface area (Å²) in [6.45, 7) is 18.1. The van der Waals surface area contributed by atoms with Gasteiger partial charge in [0.25, 0.3) is 0 Å². The molecule has 0 bridgehead atoms. The summed E-state index contributed by atoms with van der Waals surface area (Å²) in [5, 5.41) is 0. The van der Waals surface area contributed by atoms with Gasteiger partial charge in [-0.2, -0.15) is 4.39 Å². The van der Waals surface area contributed by atoms with E-state index in [0.29, 0.717) is 18.4 Å². The molecule has 1 aliphatic rings. The smallest absolute Gasteiger partial charge is 0.201 e. The van der Waals surface area contributed by atoms with Crippen molar-refractivity contribution < 1.29 is 27.0 Å². The summed E-state index contributed by atoms with van der Waals surface area (Å²) in [6.07, 6.45) is 1.98. The molecule has 160 valence electrons. The zero-order valence-corrected chi connectivity index (χ0v) is 17.1. The SMILES string of the molecule is C=C(/C=C(/F)C(=C)C(=C)/C(F)=C1/Oc2c(cc(CCC)c(F)c2F)CC1=C)OCC. The largest absolute Gasteiger partial charge is 0.494 e. The Bertz CT molecular complexity index is 983. The summed E-state index contributed by atoms with van der Waals surface area (Å²) in [5.41, 5.74) is -0.0188. The van der Waals surface area contributed by atoms with Gasteiger partial charge in [0.15, 0.2) is 23.2 Å². The van der Waals surface area contributed by atoms with Gasteiger partial charge in [-0.3, -0.25) is 0 Å². The van der Waals surface area contributed by atoms with Crippen LogP contribution < -0.4 is 4.74 Å². The van der Waals surface area contributed by atoms with Gasteiger partial charge in [0.1, 0.15) is 11.6 Å². The highest BCUT2D eigenvalue weighted by Crippen LogP contribution is 2.40. The molecule has 0 amide bonds. The lowest BCUT2D eigenvalue weighted by atomic mass is 9.95. The molecule has 0 N–H and O–H groups in total. The number of allylic oxidation sites excluding steroid dienone is 6. The molecular weight excluding hydrogens is 396 g/mol. The van der Waals surface area contributed by atoms with E-state index in [1.807, 2.05) is 6.92 Å². The molecule has 0 saturated carbocycles. The lowest BCUT2D eigenvalue weighted by molar-refractivity contribution is 0.243. The lowest BCUT2D eigenvalue weighted by Gasteiger charge is -2.24. The number of rotatable bonds is 8. The van der Waals surface area contributed by atoms with Crippen LogP contribution in [0.15, 0.2) is 78.3 Å². The molecule has 2 nitrogen and oxygen atoms in total. The maximum atomic E-state index is 15.0. The molecule has 0 unspecified atom stereocenters. The van der Waals surface area contributed by atoms with Gasteiger partial charge in [0, 0.05) is 29.2 Å². The minimum Gasteiger partial charge on any atom is -0.494 e. The third kappa shape index (κ3) is 4.75. The van der Waals surface area contributed by atoms with Crippen LogP contribution in [0.5, 0.6) is 5.75 Å². The van der Waals surface area contributed by atoms with Crippen LogP contribution in [0, 0.1) is 11.6 Å². The van der Waals surface area contributed by atoms with Crippen LogP contribution in [0.2, 0.25) is 0 Å². The lowest BCUT2D eigenvalue weighted by Crippen LogP contribution is -2.15. The van der Waals surface area contributed by atoms with Crippen LogP contribution in [-0.4, -0.2) is 6.61 Å². The molecule has 0 saturated heterocycles. The van der Waals surface area contributed by atoms with Crippen LogP contribution in [0.3, 0.4) is 0 Å². The Balaban J connectivity index is 2.39.